The van der Waals surface area contributed by atoms with Gasteiger partial charge >= 0.3 is 5.69 Å². The van der Waals surface area contributed by atoms with E-state index in [1.54, 1.807) is 0 Å². The predicted molar refractivity (Wildman–Crippen MR) is 67.8 cm³/mol. The molecule has 2 unspecified atom stereocenters. The number of hydrogen-bond donors (Lipinski definition) is 3. The van der Waals surface area contributed by atoms with Crippen molar-refractivity contribution in [2.75, 3.05) is 19.0 Å². The summed E-state index contributed by atoms with van der Waals surface area (Å²) in [5.74, 6) is -0.843. The van der Waals surface area contributed by atoms with Gasteiger partial charge in [0.05, 0.1) is 29.9 Å². The topological polar surface area (TPSA) is 111 Å². The molecule has 1 aromatic carbocycles. The van der Waals surface area contributed by atoms with Gasteiger partial charge in [0.25, 0.3) is 0 Å². The van der Waals surface area contributed by atoms with Crippen LogP contribution < -0.4 is 15.8 Å². The molecular formula is C11H16FN3O4. The molecule has 0 saturated heterocycles. The summed E-state index contributed by atoms with van der Waals surface area (Å²) in [7, 11) is 1.26. The Bertz CT molecular complexity index is 467. The first-order chi connectivity index (χ1) is 8.86. The Morgan fingerprint density at radius 1 is 1.63 bits per heavy atom. The minimum Gasteiger partial charge on any atom is -0.490 e. The first-order valence-electron chi connectivity index (χ1n) is 5.56. The zero-order valence-electron chi connectivity index (χ0n) is 10.6. The fourth-order valence-corrected chi connectivity index (χ4v) is 1.38. The number of halogens is 1. The average molecular weight is 273 g/mol. The summed E-state index contributed by atoms with van der Waals surface area (Å²) in [6.45, 7) is 1.63. The van der Waals surface area contributed by atoms with Gasteiger partial charge in [-0.3, -0.25) is 10.1 Å². The third kappa shape index (κ3) is 3.76. The molecule has 0 aliphatic heterocycles. The van der Waals surface area contributed by atoms with Gasteiger partial charge in [0.15, 0.2) is 11.6 Å². The molecule has 19 heavy (non-hydrogen) atoms. The number of hydrogen-bond acceptors (Lipinski definition) is 6. The number of nitrogens with zero attached hydrogens (tertiary/aromatic N) is 1. The molecule has 0 spiro atoms. The van der Waals surface area contributed by atoms with Gasteiger partial charge in [-0.2, -0.15) is 0 Å². The highest BCUT2D eigenvalue weighted by molar-refractivity contribution is 5.59. The summed E-state index contributed by atoms with van der Waals surface area (Å²) >= 11 is 0. The molecule has 7 nitrogen and oxygen atoms in total. The molecule has 0 saturated carbocycles. The van der Waals surface area contributed by atoms with E-state index in [-0.39, 0.29) is 18.0 Å². The van der Waals surface area contributed by atoms with E-state index >= 15 is 0 Å². The number of aliphatic hydroxyl groups is 1. The van der Waals surface area contributed by atoms with Gasteiger partial charge < -0.3 is 20.9 Å². The van der Waals surface area contributed by atoms with Crippen LogP contribution >= 0.6 is 0 Å². The number of aliphatic hydroxyl groups excluding tert-OH is 1. The number of ether oxygens (including phenoxy) is 1. The minimum atomic E-state index is -0.787. The SMILES string of the molecule is COc1cc(NCC(N)C(C)O)c(F)cc1[N+](=O)[O-]. The Morgan fingerprint density at radius 2 is 2.26 bits per heavy atom. The van der Waals surface area contributed by atoms with Gasteiger partial charge in [0.2, 0.25) is 0 Å². The lowest BCUT2D eigenvalue weighted by molar-refractivity contribution is -0.385. The van der Waals surface area contributed by atoms with Crippen molar-refractivity contribution in [3.63, 3.8) is 0 Å². The van der Waals surface area contributed by atoms with Crippen molar-refractivity contribution in [1.82, 2.24) is 0 Å². The lowest BCUT2D eigenvalue weighted by Crippen LogP contribution is -2.38. The van der Waals surface area contributed by atoms with Crippen LogP contribution in [0.15, 0.2) is 12.1 Å². The second-order valence-electron chi connectivity index (χ2n) is 4.05. The summed E-state index contributed by atoms with van der Waals surface area (Å²) in [6, 6.07) is 1.37. The summed E-state index contributed by atoms with van der Waals surface area (Å²) < 4.78 is 18.5. The fourth-order valence-electron chi connectivity index (χ4n) is 1.38. The van der Waals surface area contributed by atoms with Crippen molar-refractivity contribution in [3.05, 3.63) is 28.1 Å². The van der Waals surface area contributed by atoms with Gasteiger partial charge in [-0.15, -0.1) is 0 Å². The quantitative estimate of drug-likeness (QED) is 0.523. The Balaban J connectivity index is 2.94. The van der Waals surface area contributed by atoms with E-state index in [4.69, 9.17) is 10.5 Å². The van der Waals surface area contributed by atoms with E-state index in [9.17, 15) is 19.6 Å². The van der Waals surface area contributed by atoms with Gasteiger partial charge in [-0.1, -0.05) is 0 Å². The molecule has 0 fully saturated rings. The molecule has 0 amide bonds. The van der Waals surface area contributed by atoms with Crippen molar-refractivity contribution in [2.24, 2.45) is 5.73 Å². The zero-order valence-corrected chi connectivity index (χ0v) is 10.6. The second kappa shape index (κ2) is 6.30. The third-order valence-electron chi connectivity index (χ3n) is 2.61. The van der Waals surface area contributed by atoms with E-state index in [0.29, 0.717) is 0 Å². The minimum absolute atomic E-state index is 0.0264. The highest BCUT2D eigenvalue weighted by Crippen LogP contribution is 2.32. The maximum absolute atomic E-state index is 13.7. The molecule has 1 rings (SSSR count). The first kappa shape index (κ1) is 15.1. The Morgan fingerprint density at radius 3 is 2.74 bits per heavy atom. The first-order valence-corrected chi connectivity index (χ1v) is 5.56. The molecule has 1 aromatic rings. The maximum Gasteiger partial charge on any atom is 0.313 e. The van der Waals surface area contributed by atoms with Crippen molar-refractivity contribution in [1.29, 1.82) is 0 Å². The molecule has 0 aliphatic rings. The summed E-state index contributed by atoms with van der Waals surface area (Å²) in [5, 5.41) is 22.6. The molecule has 0 radical (unpaired) electrons. The van der Waals surface area contributed by atoms with Crippen LogP contribution in [0, 0.1) is 15.9 Å². The number of methoxy groups -OCH3 is 1. The number of nitrogens with one attached hydrogen (secondary N) is 1. The lowest BCUT2D eigenvalue weighted by atomic mass is 10.2. The van der Waals surface area contributed by atoms with Gasteiger partial charge in [-0.05, 0) is 6.92 Å². The molecule has 4 N–H and O–H groups in total. The van der Waals surface area contributed by atoms with Gasteiger partial charge in [-0.25, -0.2) is 4.39 Å². The summed E-state index contributed by atoms with van der Waals surface area (Å²) in [4.78, 5) is 9.96. The van der Waals surface area contributed by atoms with Crippen LogP contribution in [0.4, 0.5) is 15.8 Å². The van der Waals surface area contributed by atoms with Crippen molar-refractivity contribution < 1.29 is 19.2 Å². The van der Waals surface area contributed by atoms with Crippen LogP contribution in [0.1, 0.15) is 6.92 Å². The van der Waals surface area contributed by atoms with E-state index in [2.05, 4.69) is 5.32 Å². The second-order valence-corrected chi connectivity index (χ2v) is 4.05. The summed E-state index contributed by atoms with van der Waals surface area (Å²) in [5.41, 5.74) is 5.16. The van der Waals surface area contributed by atoms with Crippen LogP contribution in [0.2, 0.25) is 0 Å². The van der Waals surface area contributed by atoms with Crippen molar-refractivity contribution in [3.8, 4) is 5.75 Å². The smallest absolute Gasteiger partial charge is 0.313 e. The summed E-state index contributed by atoms with van der Waals surface area (Å²) in [6.07, 6.45) is -0.754. The van der Waals surface area contributed by atoms with Crippen LogP contribution in [0.25, 0.3) is 0 Å². The molecule has 0 aromatic heterocycles. The number of rotatable bonds is 6. The fraction of sp³-hybridized carbons (Fsp3) is 0.455. The number of nitrogens with two attached hydrogens (primary N) is 1. The van der Waals surface area contributed by atoms with E-state index < -0.39 is 28.6 Å². The monoisotopic (exact) mass is 273 g/mol. The van der Waals surface area contributed by atoms with Crippen LogP contribution in [-0.4, -0.2) is 35.8 Å². The molecule has 106 valence electrons. The van der Waals surface area contributed by atoms with Crippen LogP contribution in [0.5, 0.6) is 5.75 Å². The molecule has 0 aliphatic carbocycles. The molecule has 8 heteroatoms. The standard InChI is InChI=1S/C11H16FN3O4/c1-6(16)8(13)5-14-9-4-11(19-2)10(15(17)18)3-7(9)12/h3-4,6,8,14,16H,5,13H2,1-2H3. The number of anilines is 1. The lowest BCUT2D eigenvalue weighted by Gasteiger charge is -2.16. The van der Waals surface area contributed by atoms with E-state index in [1.165, 1.54) is 20.1 Å². The van der Waals surface area contributed by atoms with E-state index in [0.717, 1.165) is 6.07 Å². The van der Waals surface area contributed by atoms with Crippen molar-refractivity contribution in [2.45, 2.75) is 19.1 Å². The molecule has 0 bridgehead atoms. The highest BCUT2D eigenvalue weighted by atomic mass is 19.1. The zero-order chi connectivity index (χ0) is 14.6. The molecule has 0 heterocycles. The van der Waals surface area contributed by atoms with Gasteiger partial charge in [0, 0.05) is 18.7 Å². The average Bonchev–Trinajstić information content (AvgIpc) is 2.36. The van der Waals surface area contributed by atoms with Crippen LogP contribution in [-0.2, 0) is 0 Å². The van der Waals surface area contributed by atoms with Crippen molar-refractivity contribution >= 4 is 11.4 Å². The predicted octanol–water partition coefficient (Wildman–Crippen LogP) is 0.862. The Hall–Kier alpha value is -1.93. The number of benzene rings is 1. The number of nitro benzene ring substituents is 1. The largest absolute Gasteiger partial charge is 0.490 e. The maximum atomic E-state index is 13.7. The highest BCUT2D eigenvalue weighted by Gasteiger charge is 2.19. The normalized spacial score (nSPS) is 13.7. The molecule has 2 atom stereocenters. The Labute approximate surface area is 109 Å². The third-order valence-corrected chi connectivity index (χ3v) is 2.61. The molecular weight excluding hydrogens is 257 g/mol. The van der Waals surface area contributed by atoms with Gasteiger partial charge in [0.1, 0.15) is 0 Å². The van der Waals surface area contributed by atoms with Crippen LogP contribution in [0.3, 0.4) is 0 Å². The Kier molecular flexibility index (Phi) is 5.02. The number of nitro groups is 1. The van der Waals surface area contributed by atoms with E-state index in [1.807, 2.05) is 0 Å².